The fourth-order valence-electron chi connectivity index (χ4n) is 3.03. The quantitative estimate of drug-likeness (QED) is 0.932. The fraction of sp³-hybridized carbons (Fsp3) is 0.500. The van der Waals surface area contributed by atoms with Crippen molar-refractivity contribution >= 4 is 0 Å². The van der Waals surface area contributed by atoms with Gasteiger partial charge in [0.1, 0.15) is 0 Å². The number of rotatable bonds is 4. The molecule has 3 heteroatoms. The van der Waals surface area contributed by atoms with E-state index >= 15 is 0 Å². The van der Waals surface area contributed by atoms with Gasteiger partial charge >= 0.3 is 0 Å². The van der Waals surface area contributed by atoms with Gasteiger partial charge in [0.25, 0.3) is 0 Å². The summed E-state index contributed by atoms with van der Waals surface area (Å²) in [6, 6.07) is 11.4. The predicted molar refractivity (Wildman–Crippen MR) is 86.3 cm³/mol. The van der Waals surface area contributed by atoms with E-state index in [0.29, 0.717) is 12.0 Å². The molecule has 1 N–H and O–H groups in total. The molecule has 0 spiro atoms. The van der Waals surface area contributed by atoms with E-state index in [1.165, 1.54) is 23.2 Å². The normalized spacial score (nSPS) is 21.5. The Morgan fingerprint density at radius 3 is 2.62 bits per heavy atom. The van der Waals surface area contributed by atoms with Gasteiger partial charge < -0.3 is 5.32 Å². The average molecular weight is 283 g/mol. The first-order chi connectivity index (χ1) is 9.95. The van der Waals surface area contributed by atoms with E-state index in [1.54, 1.807) is 0 Å². The second kappa shape index (κ2) is 5.30. The van der Waals surface area contributed by atoms with Crippen LogP contribution in [0, 0.1) is 0 Å². The zero-order chi connectivity index (χ0) is 15.0. The molecule has 1 aromatic carbocycles. The van der Waals surface area contributed by atoms with Gasteiger partial charge in [0.2, 0.25) is 0 Å². The highest BCUT2D eigenvalue weighted by atomic mass is 15.3. The molecule has 1 aliphatic rings. The van der Waals surface area contributed by atoms with Crippen LogP contribution < -0.4 is 5.32 Å². The van der Waals surface area contributed by atoms with Crippen LogP contribution in [0.1, 0.15) is 49.9 Å². The molecule has 0 bridgehead atoms. The van der Waals surface area contributed by atoms with Crippen molar-refractivity contribution in [1.82, 2.24) is 15.1 Å². The summed E-state index contributed by atoms with van der Waals surface area (Å²) in [6.45, 7) is 7.59. The molecular formula is C18H25N3. The molecule has 0 radical (unpaired) electrons. The summed E-state index contributed by atoms with van der Waals surface area (Å²) in [7, 11) is 2.00. The van der Waals surface area contributed by atoms with Gasteiger partial charge in [-0.15, -0.1) is 0 Å². The van der Waals surface area contributed by atoms with Crippen LogP contribution in [0.15, 0.2) is 36.5 Å². The third-order valence-corrected chi connectivity index (χ3v) is 4.19. The molecule has 3 nitrogen and oxygen atoms in total. The predicted octanol–water partition coefficient (Wildman–Crippen LogP) is 3.36. The number of nitrogens with one attached hydrogen (secondary N) is 1. The number of benzene rings is 1. The van der Waals surface area contributed by atoms with E-state index < -0.39 is 0 Å². The van der Waals surface area contributed by atoms with Crippen molar-refractivity contribution in [3.05, 3.63) is 53.3 Å². The molecule has 1 fully saturated rings. The monoisotopic (exact) mass is 283 g/mol. The van der Waals surface area contributed by atoms with Crippen molar-refractivity contribution in [1.29, 1.82) is 0 Å². The molecule has 1 aliphatic carbocycles. The third-order valence-electron chi connectivity index (χ3n) is 4.19. The van der Waals surface area contributed by atoms with Crippen molar-refractivity contribution < 1.29 is 0 Å². The Morgan fingerprint density at radius 2 is 1.95 bits per heavy atom. The zero-order valence-electron chi connectivity index (χ0n) is 13.4. The van der Waals surface area contributed by atoms with Crippen LogP contribution in [-0.4, -0.2) is 15.8 Å². The maximum absolute atomic E-state index is 4.63. The summed E-state index contributed by atoms with van der Waals surface area (Å²) in [4.78, 5) is 0. The number of nitrogens with zero attached hydrogens (tertiary/aromatic N) is 2. The van der Waals surface area contributed by atoms with Gasteiger partial charge in [-0.1, -0.05) is 51.1 Å². The molecule has 2 unspecified atom stereocenters. The Bertz CT molecular complexity index is 607. The minimum Gasteiger partial charge on any atom is -0.309 e. The minimum atomic E-state index is 0.0979. The second-order valence-electron chi connectivity index (χ2n) is 7.17. The minimum absolute atomic E-state index is 0.0979. The Morgan fingerprint density at radius 1 is 1.24 bits per heavy atom. The SMILES string of the molecule is Cn1cc(CNC2CC2c2ccccc2)c(C(C)(C)C)n1. The first-order valence-electron chi connectivity index (χ1n) is 7.76. The maximum atomic E-state index is 4.63. The molecule has 1 heterocycles. The lowest BCUT2D eigenvalue weighted by Gasteiger charge is -2.17. The van der Waals surface area contributed by atoms with Crippen molar-refractivity contribution in [3.8, 4) is 0 Å². The number of hydrogen-bond donors (Lipinski definition) is 1. The van der Waals surface area contributed by atoms with Crippen LogP contribution in [0.5, 0.6) is 0 Å². The highest BCUT2D eigenvalue weighted by Crippen LogP contribution is 2.40. The highest BCUT2D eigenvalue weighted by molar-refractivity contribution is 5.29. The molecule has 0 aliphatic heterocycles. The van der Waals surface area contributed by atoms with Gasteiger partial charge in [-0.25, -0.2) is 0 Å². The van der Waals surface area contributed by atoms with Crippen molar-refractivity contribution in [2.45, 2.75) is 51.1 Å². The van der Waals surface area contributed by atoms with Crippen LogP contribution in [0.2, 0.25) is 0 Å². The molecule has 2 aromatic rings. The van der Waals surface area contributed by atoms with E-state index in [9.17, 15) is 0 Å². The molecule has 0 saturated heterocycles. The smallest absolute Gasteiger partial charge is 0.0722 e. The summed E-state index contributed by atoms with van der Waals surface area (Å²) >= 11 is 0. The summed E-state index contributed by atoms with van der Waals surface area (Å²) in [5.74, 6) is 0.681. The molecule has 112 valence electrons. The van der Waals surface area contributed by atoms with E-state index in [2.05, 4.69) is 67.7 Å². The van der Waals surface area contributed by atoms with Crippen LogP contribution in [0.3, 0.4) is 0 Å². The van der Waals surface area contributed by atoms with Gasteiger partial charge in [-0.3, -0.25) is 4.68 Å². The number of hydrogen-bond acceptors (Lipinski definition) is 2. The summed E-state index contributed by atoms with van der Waals surface area (Å²) in [5.41, 5.74) is 4.08. The van der Waals surface area contributed by atoms with Crippen molar-refractivity contribution in [3.63, 3.8) is 0 Å². The van der Waals surface area contributed by atoms with Crippen LogP contribution in [0.25, 0.3) is 0 Å². The average Bonchev–Trinajstić information content (AvgIpc) is 3.11. The molecule has 1 aromatic heterocycles. The molecule has 2 atom stereocenters. The first-order valence-corrected chi connectivity index (χ1v) is 7.76. The Labute approximate surface area is 127 Å². The highest BCUT2D eigenvalue weighted by Gasteiger charge is 2.37. The lowest BCUT2D eigenvalue weighted by atomic mass is 9.89. The second-order valence-corrected chi connectivity index (χ2v) is 7.17. The third kappa shape index (κ3) is 3.18. The Balaban J connectivity index is 1.63. The summed E-state index contributed by atoms with van der Waals surface area (Å²) in [5, 5.41) is 8.33. The summed E-state index contributed by atoms with van der Waals surface area (Å²) < 4.78 is 1.93. The van der Waals surface area contributed by atoms with Gasteiger partial charge in [0, 0.05) is 42.7 Å². The van der Waals surface area contributed by atoms with E-state index in [0.717, 1.165) is 6.54 Å². The zero-order valence-corrected chi connectivity index (χ0v) is 13.4. The lowest BCUT2D eigenvalue weighted by Crippen LogP contribution is -2.21. The Hall–Kier alpha value is -1.61. The van der Waals surface area contributed by atoms with Gasteiger partial charge in [-0.05, 0) is 12.0 Å². The fourth-order valence-corrected chi connectivity index (χ4v) is 3.03. The largest absolute Gasteiger partial charge is 0.309 e. The first kappa shape index (κ1) is 14.3. The van der Waals surface area contributed by atoms with E-state index in [4.69, 9.17) is 0 Å². The summed E-state index contributed by atoms with van der Waals surface area (Å²) in [6.07, 6.45) is 3.39. The van der Waals surface area contributed by atoms with Crippen LogP contribution in [-0.2, 0) is 19.0 Å². The maximum Gasteiger partial charge on any atom is 0.0722 e. The molecule has 1 saturated carbocycles. The van der Waals surface area contributed by atoms with Crippen LogP contribution in [0.4, 0.5) is 0 Å². The van der Waals surface area contributed by atoms with Gasteiger partial charge in [0.15, 0.2) is 0 Å². The van der Waals surface area contributed by atoms with E-state index in [1.807, 2.05) is 11.7 Å². The number of aryl methyl sites for hydroxylation is 1. The molecule has 0 amide bonds. The standard InChI is InChI=1S/C18H25N3/c1-18(2,3)17-14(12-21(4)20-17)11-19-16-10-15(16)13-8-6-5-7-9-13/h5-9,12,15-16,19H,10-11H2,1-4H3. The molecule has 3 rings (SSSR count). The number of aromatic nitrogens is 2. The lowest BCUT2D eigenvalue weighted by molar-refractivity contribution is 0.542. The van der Waals surface area contributed by atoms with Crippen molar-refractivity contribution in [2.75, 3.05) is 0 Å². The van der Waals surface area contributed by atoms with Gasteiger partial charge in [-0.2, -0.15) is 5.10 Å². The van der Waals surface area contributed by atoms with E-state index in [-0.39, 0.29) is 5.41 Å². The molecular weight excluding hydrogens is 258 g/mol. The van der Waals surface area contributed by atoms with Gasteiger partial charge in [0.05, 0.1) is 5.69 Å². The Kier molecular flexibility index (Phi) is 3.62. The van der Waals surface area contributed by atoms with Crippen molar-refractivity contribution in [2.24, 2.45) is 7.05 Å². The molecule has 21 heavy (non-hydrogen) atoms. The van der Waals surface area contributed by atoms with Crippen LogP contribution >= 0.6 is 0 Å². The topological polar surface area (TPSA) is 29.9 Å².